The first-order chi connectivity index (χ1) is 8.72. The Morgan fingerprint density at radius 3 is 2.67 bits per heavy atom. The third kappa shape index (κ3) is 1.99. The summed E-state index contributed by atoms with van der Waals surface area (Å²) in [4.78, 5) is 0. The third-order valence-electron chi connectivity index (χ3n) is 3.08. The predicted octanol–water partition coefficient (Wildman–Crippen LogP) is 2.94. The smallest absolute Gasteiger partial charge is 0.161 e. The number of pyridine rings is 1. The number of hydrogen-bond acceptors (Lipinski definition) is 2. The minimum atomic E-state index is 0.811. The first-order valence-electron chi connectivity index (χ1n) is 6.08. The molecule has 0 aliphatic rings. The Hall–Kier alpha value is -2.16. The minimum Gasteiger partial charge on any atom is -0.286 e. The molecule has 3 heteroatoms. The third-order valence-corrected chi connectivity index (χ3v) is 3.08. The highest BCUT2D eigenvalue weighted by Crippen LogP contribution is 2.12. The maximum absolute atomic E-state index is 4.27. The summed E-state index contributed by atoms with van der Waals surface area (Å²) < 4.78 is 2.05. The first-order valence-corrected chi connectivity index (χ1v) is 6.08. The lowest BCUT2D eigenvalue weighted by atomic mass is 10.1. The van der Waals surface area contributed by atoms with Gasteiger partial charge in [0.05, 0.1) is 0 Å². The molecule has 0 saturated heterocycles. The van der Waals surface area contributed by atoms with Gasteiger partial charge >= 0.3 is 0 Å². The summed E-state index contributed by atoms with van der Waals surface area (Å²) in [7, 11) is 0. The van der Waals surface area contributed by atoms with E-state index in [2.05, 4.69) is 58.8 Å². The van der Waals surface area contributed by atoms with E-state index in [-0.39, 0.29) is 0 Å². The Morgan fingerprint density at radius 1 is 1.00 bits per heavy atom. The monoisotopic (exact) mass is 237 g/mol. The molecule has 0 N–H and O–H groups in total. The zero-order chi connectivity index (χ0) is 12.5. The normalized spacial score (nSPS) is 11.0. The molecule has 1 aromatic carbocycles. The fourth-order valence-electron chi connectivity index (χ4n) is 2.17. The summed E-state index contributed by atoms with van der Waals surface area (Å²) in [5.74, 6) is 0.982. The molecule has 0 aliphatic heterocycles. The van der Waals surface area contributed by atoms with Crippen LogP contribution in [-0.2, 0) is 6.42 Å². The van der Waals surface area contributed by atoms with Crippen molar-refractivity contribution in [1.29, 1.82) is 0 Å². The van der Waals surface area contributed by atoms with Gasteiger partial charge in [0.1, 0.15) is 5.82 Å². The fraction of sp³-hybridized carbons (Fsp3) is 0.200. The Morgan fingerprint density at radius 2 is 1.83 bits per heavy atom. The Labute approximate surface area is 106 Å². The molecular weight excluding hydrogens is 222 g/mol. The van der Waals surface area contributed by atoms with Crippen LogP contribution < -0.4 is 0 Å². The molecular formula is C15H15N3. The molecule has 0 aliphatic carbocycles. The van der Waals surface area contributed by atoms with Crippen LogP contribution in [0.1, 0.15) is 22.5 Å². The summed E-state index contributed by atoms with van der Waals surface area (Å²) in [6.07, 6.45) is 2.85. The SMILES string of the molecule is Cc1cccc(Cc2nnc3cc(C)ccn23)c1. The average Bonchev–Trinajstić information content (AvgIpc) is 2.72. The van der Waals surface area contributed by atoms with Crippen LogP contribution in [0.2, 0.25) is 0 Å². The molecule has 0 saturated carbocycles. The van der Waals surface area contributed by atoms with Gasteiger partial charge in [0.25, 0.3) is 0 Å². The maximum atomic E-state index is 4.27. The second-order valence-electron chi connectivity index (χ2n) is 4.71. The van der Waals surface area contributed by atoms with Crippen LogP contribution in [0.3, 0.4) is 0 Å². The summed E-state index contributed by atoms with van der Waals surface area (Å²) in [6.45, 7) is 4.17. The van der Waals surface area contributed by atoms with E-state index in [1.807, 2.05) is 12.3 Å². The van der Waals surface area contributed by atoms with Crippen molar-refractivity contribution < 1.29 is 0 Å². The zero-order valence-corrected chi connectivity index (χ0v) is 10.6. The van der Waals surface area contributed by atoms with Crippen molar-refractivity contribution in [2.24, 2.45) is 0 Å². The van der Waals surface area contributed by atoms with E-state index in [0.29, 0.717) is 0 Å². The van der Waals surface area contributed by atoms with E-state index >= 15 is 0 Å². The van der Waals surface area contributed by atoms with Gasteiger partial charge in [-0.2, -0.15) is 0 Å². The van der Waals surface area contributed by atoms with Gasteiger partial charge in [0.2, 0.25) is 0 Å². The van der Waals surface area contributed by atoms with E-state index in [1.165, 1.54) is 16.7 Å². The van der Waals surface area contributed by atoms with E-state index in [4.69, 9.17) is 0 Å². The number of fused-ring (bicyclic) bond motifs is 1. The van der Waals surface area contributed by atoms with Crippen LogP contribution in [0.4, 0.5) is 0 Å². The molecule has 3 nitrogen and oxygen atoms in total. The highest BCUT2D eigenvalue weighted by atomic mass is 15.2. The zero-order valence-electron chi connectivity index (χ0n) is 10.6. The molecule has 0 amide bonds. The standard InChI is InChI=1S/C15H15N3/c1-11-4-3-5-13(8-11)10-15-17-16-14-9-12(2)6-7-18(14)15/h3-9H,10H2,1-2H3. The molecule has 90 valence electrons. The van der Waals surface area contributed by atoms with Crippen molar-refractivity contribution in [3.63, 3.8) is 0 Å². The van der Waals surface area contributed by atoms with Crippen molar-refractivity contribution in [1.82, 2.24) is 14.6 Å². The van der Waals surface area contributed by atoms with Crippen molar-refractivity contribution in [3.05, 3.63) is 65.1 Å². The number of benzene rings is 1. The van der Waals surface area contributed by atoms with Crippen LogP contribution in [0, 0.1) is 13.8 Å². The highest BCUT2D eigenvalue weighted by Gasteiger charge is 2.06. The van der Waals surface area contributed by atoms with Gasteiger partial charge in [-0.25, -0.2) is 0 Å². The van der Waals surface area contributed by atoms with Crippen LogP contribution in [0.25, 0.3) is 5.65 Å². The molecule has 2 heterocycles. The van der Waals surface area contributed by atoms with Gasteiger partial charge < -0.3 is 0 Å². The van der Waals surface area contributed by atoms with E-state index < -0.39 is 0 Å². The van der Waals surface area contributed by atoms with Gasteiger partial charge in [-0.1, -0.05) is 29.8 Å². The van der Waals surface area contributed by atoms with E-state index in [1.54, 1.807) is 0 Å². The fourth-order valence-corrected chi connectivity index (χ4v) is 2.17. The molecule has 0 radical (unpaired) electrons. The summed E-state index contributed by atoms with van der Waals surface area (Å²) >= 11 is 0. The van der Waals surface area contributed by atoms with Crippen LogP contribution >= 0.6 is 0 Å². The van der Waals surface area contributed by atoms with E-state index in [0.717, 1.165) is 17.9 Å². The lowest BCUT2D eigenvalue weighted by molar-refractivity contribution is 0.933. The first kappa shape index (κ1) is 11.0. The molecule has 0 unspecified atom stereocenters. The molecule has 0 bridgehead atoms. The molecule has 3 aromatic rings. The topological polar surface area (TPSA) is 30.2 Å². The second kappa shape index (κ2) is 4.26. The maximum Gasteiger partial charge on any atom is 0.161 e. The number of aryl methyl sites for hydroxylation is 2. The molecule has 0 atom stereocenters. The van der Waals surface area contributed by atoms with Crippen molar-refractivity contribution in [3.8, 4) is 0 Å². The van der Waals surface area contributed by atoms with Crippen LogP contribution in [0.15, 0.2) is 42.6 Å². The lowest BCUT2D eigenvalue weighted by Gasteiger charge is -2.02. The van der Waals surface area contributed by atoms with Gasteiger partial charge in [-0.3, -0.25) is 4.40 Å². The molecule has 3 rings (SSSR count). The van der Waals surface area contributed by atoms with Crippen molar-refractivity contribution >= 4 is 5.65 Å². The summed E-state index contributed by atoms with van der Waals surface area (Å²) in [6, 6.07) is 12.6. The largest absolute Gasteiger partial charge is 0.286 e. The molecule has 2 aromatic heterocycles. The van der Waals surface area contributed by atoms with Crippen molar-refractivity contribution in [2.75, 3.05) is 0 Å². The number of hydrogen-bond donors (Lipinski definition) is 0. The number of aromatic nitrogens is 3. The number of nitrogens with zero attached hydrogens (tertiary/aromatic N) is 3. The molecule has 18 heavy (non-hydrogen) atoms. The summed E-state index contributed by atoms with van der Waals surface area (Å²) in [5.41, 5.74) is 4.66. The van der Waals surface area contributed by atoms with Gasteiger partial charge in [0.15, 0.2) is 5.65 Å². The van der Waals surface area contributed by atoms with Gasteiger partial charge in [0, 0.05) is 12.6 Å². The van der Waals surface area contributed by atoms with Crippen LogP contribution in [-0.4, -0.2) is 14.6 Å². The number of rotatable bonds is 2. The quantitative estimate of drug-likeness (QED) is 0.686. The van der Waals surface area contributed by atoms with Gasteiger partial charge in [-0.15, -0.1) is 10.2 Å². The summed E-state index contributed by atoms with van der Waals surface area (Å²) in [5, 5.41) is 8.49. The Bertz CT molecular complexity index is 698. The van der Waals surface area contributed by atoms with Crippen molar-refractivity contribution in [2.45, 2.75) is 20.3 Å². The predicted molar refractivity (Wildman–Crippen MR) is 71.7 cm³/mol. The minimum absolute atomic E-state index is 0.811. The highest BCUT2D eigenvalue weighted by molar-refractivity contribution is 5.41. The Balaban J connectivity index is 2.00. The van der Waals surface area contributed by atoms with Crippen LogP contribution in [0.5, 0.6) is 0 Å². The second-order valence-corrected chi connectivity index (χ2v) is 4.71. The molecule has 0 spiro atoms. The average molecular weight is 237 g/mol. The van der Waals surface area contributed by atoms with Gasteiger partial charge in [-0.05, 0) is 37.1 Å². The van der Waals surface area contributed by atoms with E-state index in [9.17, 15) is 0 Å². The lowest BCUT2D eigenvalue weighted by Crippen LogP contribution is -1.96. The molecule has 0 fully saturated rings. The Kier molecular flexibility index (Phi) is 2.59.